The molecule has 1 spiro atoms. The van der Waals surface area contributed by atoms with Crippen LogP contribution in [0, 0.1) is 12.7 Å². The molecule has 0 unspecified atom stereocenters. The van der Waals surface area contributed by atoms with Crippen molar-refractivity contribution in [3.8, 4) is 11.6 Å². The number of hydrogen-bond acceptors (Lipinski definition) is 7. The number of rotatable bonds is 3. The van der Waals surface area contributed by atoms with E-state index in [0.717, 1.165) is 18.4 Å². The van der Waals surface area contributed by atoms with Gasteiger partial charge in [-0.25, -0.2) is 14.2 Å². The number of benzene rings is 1. The summed E-state index contributed by atoms with van der Waals surface area (Å²) >= 11 is 0. The zero-order valence-electron chi connectivity index (χ0n) is 19.6. The van der Waals surface area contributed by atoms with Crippen molar-refractivity contribution in [3.63, 3.8) is 0 Å². The predicted octanol–water partition coefficient (Wildman–Crippen LogP) is 4.32. The molecule has 0 atom stereocenters. The lowest BCUT2D eigenvalue weighted by molar-refractivity contribution is -0.119. The summed E-state index contributed by atoms with van der Waals surface area (Å²) in [6.07, 6.45) is 2.89. The Kier molecular flexibility index (Phi) is 6.43. The van der Waals surface area contributed by atoms with Crippen LogP contribution in [0.3, 0.4) is 0 Å². The van der Waals surface area contributed by atoms with Crippen molar-refractivity contribution in [2.45, 2.75) is 51.7 Å². The van der Waals surface area contributed by atoms with Gasteiger partial charge < -0.3 is 24.0 Å². The number of morpholine rings is 1. The second-order valence-corrected chi connectivity index (χ2v) is 9.64. The molecule has 4 rings (SSSR count). The fourth-order valence-electron chi connectivity index (χ4n) is 4.06. The van der Waals surface area contributed by atoms with Gasteiger partial charge in [-0.15, -0.1) is 0 Å². The van der Waals surface area contributed by atoms with E-state index in [0.29, 0.717) is 50.4 Å². The van der Waals surface area contributed by atoms with Gasteiger partial charge in [-0.1, -0.05) is 6.07 Å². The number of anilines is 1. The van der Waals surface area contributed by atoms with Crippen molar-refractivity contribution >= 4 is 12.0 Å². The Labute approximate surface area is 193 Å². The number of amides is 1. The lowest BCUT2D eigenvalue weighted by atomic mass is 9.89. The van der Waals surface area contributed by atoms with E-state index in [2.05, 4.69) is 14.9 Å². The molecule has 2 aromatic rings. The molecule has 0 saturated carbocycles. The highest BCUT2D eigenvalue weighted by Gasteiger charge is 2.42. The quantitative estimate of drug-likeness (QED) is 0.678. The molecule has 1 aromatic carbocycles. The van der Waals surface area contributed by atoms with Gasteiger partial charge in [0.2, 0.25) is 11.8 Å². The third-order valence-corrected chi connectivity index (χ3v) is 5.78. The maximum absolute atomic E-state index is 13.5. The van der Waals surface area contributed by atoms with Crippen LogP contribution >= 0.6 is 0 Å². The second-order valence-electron chi connectivity index (χ2n) is 9.64. The van der Waals surface area contributed by atoms with Crippen LogP contribution in [0.1, 0.15) is 39.2 Å². The number of aryl methyl sites for hydroxylation is 1. The standard InChI is InChI=1S/C24H31FN4O4/c1-17-15-26-21(27-20(17)32-19-7-5-6-18(25)14-19)28-10-8-24(9-11-28)16-29(12-13-31-24)22(30)33-23(2,3)4/h5-7,14-15H,8-13,16H2,1-4H3. The molecule has 2 aliphatic heterocycles. The van der Waals surface area contributed by atoms with Crippen LogP contribution < -0.4 is 9.64 Å². The maximum atomic E-state index is 13.5. The van der Waals surface area contributed by atoms with E-state index in [1.165, 1.54) is 12.1 Å². The Morgan fingerprint density at radius 1 is 1.21 bits per heavy atom. The average molecular weight is 459 g/mol. The maximum Gasteiger partial charge on any atom is 0.410 e. The van der Waals surface area contributed by atoms with Gasteiger partial charge in [0.25, 0.3) is 0 Å². The van der Waals surface area contributed by atoms with Crippen LogP contribution in [0.2, 0.25) is 0 Å². The monoisotopic (exact) mass is 458 g/mol. The largest absolute Gasteiger partial charge is 0.444 e. The molecule has 2 aliphatic rings. The van der Waals surface area contributed by atoms with Crippen LogP contribution in [0.25, 0.3) is 0 Å². The molecule has 2 saturated heterocycles. The van der Waals surface area contributed by atoms with E-state index < -0.39 is 11.2 Å². The van der Waals surface area contributed by atoms with Crippen molar-refractivity contribution in [3.05, 3.63) is 41.8 Å². The molecule has 0 aliphatic carbocycles. The minimum atomic E-state index is -0.528. The molecule has 178 valence electrons. The van der Waals surface area contributed by atoms with Gasteiger partial charge in [0, 0.05) is 37.5 Å². The zero-order valence-corrected chi connectivity index (χ0v) is 19.6. The molecule has 33 heavy (non-hydrogen) atoms. The topological polar surface area (TPSA) is 77.0 Å². The summed E-state index contributed by atoms with van der Waals surface area (Å²) in [4.78, 5) is 25.4. The van der Waals surface area contributed by atoms with Crippen molar-refractivity contribution in [1.29, 1.82) is 0 Å². The number of carbonyl (C=O) groups excluding carboxylic acids is 1. The van der Waals surface area contributed by atoms with E-state index in [1.807, 2.05) is 27.7 Å². The molecule has 3 heterocycles. The predicted molar refractivity (Wildman–Crippen MR) is 121 cm³/mol. The van der Waals surface area contributed by atoms with Gasteiger partial charge in [-0.05, 0) is 52.7 Å². The highest BCUT2D eigenvalue weighted by molar-refractivity contribution is 5.68. The SMILES string of the molecule is Cc1cnc(N2CCC3(CC2)CN(C(=O)OC(C)(C)C)CCO3)nc1Oc1cccc(F)c1. The van der Waals surface area contributed by atoms with Crippen molar-refractivity contribution in [1.82, 2.24) is 14.9 Å². The Hall–Kier alpha value is -2.94. The summed E-state index contributed by atoms with van der Waals surface area (Å²) in [5.74, 6) is 0.976. The first-order valence-corrected chi connectivity index (χ1v) is 11.3. The first kappa shape index (κ1) is 23.2. The summed E-state index contributed by atoms with van der Waals surface area (Å²) in [6.45, 7) is 10.4. The minimum Gasteiger partial charge on any atom is -0.444 e. The van der Waals surface area contributed by atoms with Gasteiger partial charge in [0.05, 0.1) is 18.8 Å². The second kappa shape index (κ2) is 9.13. The van der Waals surface area contributed by atoms with Crippen molar-refractivity contribution in [2.75, 3.05) is 37.7 Å². The molecule has 1 aromatic heterocycles. The van der Waals surface area contributed by atoms with Crippen LogP contribution in [-0.4, -0.2) is 64.9 Å². The Morgan fingerprint density at radius 3 is 2.67 bits per heavy atom. The fourth-order valence-corrected chi connectivity index (χ4v) is 4.06. The molecular formula is C24H31FN4O4. The number of piperidine rings is 1. The van der Waals surface area contributed by atoms with Gasteiger partial charge in [0.1, 0.15) is 17.2 Å². The van der Waals surface area contributed by atoms with Crippen LogP contribution in [0.5, 0.6) is 11.6 Å². The smallest absolute Gasteiger partial charge is 0.410 e. The van der Waals surface area contributed by atoms with Gasteiger partial charge in [0.15, 0.2) is 0 Å². The van der Waals surface area contributed by atoms with Crippen LogP contribution in [0.15, 0.2) is 30.5 Å². The molecule has 2 fully saturated rings. The molecule has 8 nitrogen and oxygen atoms in total. The van der Waals surface area contributed by atoms with E-state index >= 15 is 0 Å². The van der Waals surface area contributed by atoms with Gasteiger partial charge in [-0.3, -0.25) is 0 Å². The van der Waals surface area contributed by atoms with Gasteiger partial charge in [-0.2, -0.15) is 4.98 Å². The van der Waals surface area contributed by atoms with E-state index in [9.17, 15) is 9.18 Å². The number of hydrogen-bond donors (Lipinski definition) is 0. The van der Waals surface area contributed by atoms with Gasteiger partial charge >= 0.3 is 6.09 Å². The molecule has 0 radical (unpaired) electrons. The van der Waals surface area contributed by atoms with Crippen LogP contribution in [0.4, 0.5) is 15.1 Å². The number of aromatic nitrogens is 2. The summed E-state index contributed by atoms with van der Waals surface area (Å²) in [7, 11) is 0. The van der Waals surface area contributed by atoms with E-state index in [4.69, 9.17) is 14.2 Å². The first-order chi connectivity index (χ1) is 15.6. The first-order valence-electron chi connectivity index (χ1n) is 11.3. The number of halogens is 1. The highest BCUT2D eigenvalue weighted by Crippen LogP contribution is 2.33. The van der Waals surface area contributed by atoms with Crippen molar-refractivity contribution < 1.29 is 23.4 Å². The third kappa shape index (κ3) is 5.71. The molecule has 0 bridgehead atoms. The minimum absolute atomic E-state index is 0.298. The summed E-state index contributed by atoms with van der Waals surface area (Å²) in [5, 5.41) is 0. The Morgan fingerprint density at radius 2 is 1.97 bits per heavy atom. The third-order valence-electron chi connectivity index (χ3n) is 5.78. The lowest BCUT2D eigenvalue weighted by Crippen LogP contribution is -2.58. The Bertz CT molecular complexity index is 1000. The van der Waals surface area contributed by atoms with E-state index in [-0.39, 0.29) is 11.9 Å². The summed E-state index contributed by atoms with van der Waals surface area (Å²) < 4.78 is 31.0. The summed E-state index contributed by atoms with van der Waals surface area (Å²) in [6, 6.07) is 5.97. The fraction of sp³-hybridized carbons (Fsp3) is 0.542. The molecule has 1 amide bonds. The average Bonchev–Trinajstić information content (AvgIpc) is 2.75. The Balaban J connectivity index is 1.41. The summed E-state index contributed by atoms with van der Waals surface area (Å²) in [5.41, 5.74) is -0.155. The van der Waals surface area contributed by atoms with Crippen LogP contribution in [-0.2, 0) is 9.47 Å². The number of carbonyl (C=O) groups is 1. The number of nitrogens with zero attached hydrogens (tertiary/aromatic N) is 4. The highest BCUT2D eigenvalue weighted by atomic mass is 19.1. The van der Waals surface area contributed by atoms with E-state index in [1.54, 1.807) is 23.2 Å². The zero-order chi connectivity index (χ0) is 23.6. The van der Waals surface area contributed by atoms with Crippen molar-refractivity contribution in [2.24, 2.45) is 0 Å². The molecule has 0 N–H and O–H groups in total. The molecule has 9 heteroatoms. The lowest BCUT2D eigenvalue weighted by Gasteiger charge is -2.47. The molecular weight excluding hydrogens is 427 g/mol. The normalized spacial score (nSPS) is 18.3. The number of ether oxygens (including phenoxy) is 3.